The Hall–Kier alpha value is -2.43. The van der Waals surface area contributed by atoms with Gasteiger partial charge in [-0.1, -0.05) is 0 Å². The molecule has 1 saturated heterocycles. The summed E-state index contributed by atoms with van der Waals surface area (Å²) in [7, 11) is -1.07. The van der Waals surface area contributed by atoms with Gasteiger partial charge in [-0.05, 0) is 44.2 Å². The molecule has 1 N–H and O–H groups in total. The van der Waals surface area contributed by atoms with Crippen LogP contribution in [0.2, 0.25) is 0 Å². The first kappa shape index (κ1) is 21.3. The van der Waals surface area contributed by atoms with Gasteiger partial charge in [0.2, 0.25) is 5.09 Å². The van der Waals surface area contributed by atoms with E-state index in [4.69, 9.17) is 9.15 Å². The smallest absolute Gasteiger partial charge is 0.291 e. The van der Waals surface area contributed by atoms with Crippen molar-refractivity contribution in [1.29, 1.82) is 0 Å². The second-order valence-corrected chi connectivity index (χ2v) is 9.27. The average Bonchev–Trinajstić information content (AvgIpc) is 3.11. The van der Waals surface area contributed by atoms with Gasteiger partial charge in [-0.15, -0.1) is 0 Å². The Morgan fingerprint density at radius 2 is 1.83 bits per heavy atom. The summed E-state index contributed by atoms with van der Waals surface area (Å²) in [4.78, 5) is 14.3. The van der Waals surface area contributed by atoms with E-state index in [1.165, 1.54) is 32.3 Å². The molecule has 1 amide bonds. The van der Waals surface area contributed by atoms with Crippen molar-refractivity contribution in [1.82, 2.24) is 4.31 Å². The Labute approximate surface area is 169 Å². The molecular formula is C19H24FN3O5S. The van der Waals surface area contributed by atoms with E-state index in [1.807, 2.05) is 18.7 Å². The van der Waals surface area contributed by atoms with Crippen LogP contribution in [0.4, 0.5) is 15.8 Å². The van der Waals surface area contributed by atoms with Gasteiger partial charge in [-0.3, -0.25) is 4.79 Å². The summed E-state index contributed by atoms with van der Waals surface area (Å²) < 4.78 is 50.5. The van der Waals surface area contributed by atoms with Crippen LogP contribution < -0.4 is 10.2 Å². The number of nitrogens with zero attached hydrogens (tertiary/aromatic N) is 2. The molecule has 10 heteroatoms. The Morgan fingerprint density at radius 3 is 2.41 bits per heavy atom. The molecule has 29 heavy (non-hydrogen) atoms. The van der Waals surface area contributed by atoms with E-state index in [0.29, 0.717) is 18.8 Å². The molecule has 0 radical (unpaired) electrons. The third kappa shape index (κ3) is 4.60. The summed E-state index contributed by atoms with van der Waals surface area (Å²) in [5.74, 6) is -1.34. The first-order chi connectivity index (χ1) is 13.6. The Bertz CT molecular complexity index is 995. The minimum absolute atomic E-state index is 0.0101. The van der Waals surface area contributed by atoms with Gasteiger partial charge in [-0.25, -0.2) is 17.1 Å². The molecule has 1 fully saturated rings. The number of hydrogen-bond donors (Lipinski definition) is 1. The number of amides is 1. The summed E-state index contributed by atoms with van der Waals surface area (Å²) in [5, 5.41) is 2.17. The monoisotopic (exact) mass is 425 g/mol. The van der Waals surface area contributed by atoms with E-state index in [2.05, 4.69) is 5.32 Å². The molecule has 0 saturated carbocycles. The number of halogens is 1. The van der Waals surface area contributed by atoms with Crippen LogP contribution in [0.5, 0.6) is 0 Å². The quantitative estimate of drug-likeness (QED) is 0.792. The number of morpholine rings is 1. The molecule has 1 aliphatic heterocycles. The summed E-state index contributed by atoms with van der Waals surface area (Å²) >= 11 is 0. The number of sulfonamides is 1. The number of furan rings is 1. The molecule has 0 aliphatic carbocycles. The average molecular weight is 425 g/mol. The maximum absolute atomic E-state index is 14.6. The third-order valence-corrected chi connectivity index (χ3v) is 6.20. The van der Waals surface area contributed by atoms with Crippen molar-refractivity contribution in [3.8, 4) is 0 Å². The Kier molecular flexibility index (Phi) is 5.97. The van der Waals surface area contributed by atoms with Crippen LogP contribution in [0.1, 0.15) is 24.4 Å². The normalized spacial score (nSPS) is 20.1. The molecule has 2 aromatic rings. The fraction of sp³-hybridized carbons (Fsp3) is 0.421. The van der Waals surface area contributed by atoms with Crippen molar-refractivity contribution in [2.45, 2.75) is 31.1 Å². The van der Waals surface area contributed by atoms with E-state index in [0.717, 1.165) is 4.31 Å². The highest BCUT2D eigenvalue weighted by Crippen LogP contribution is 2.26. The first-order valence-corrected chi connectivity index (χ1v) is 10.6. The highest BCUT2D eigenvalue weighted by molar-refractivity contribution is 7.88. The van der Waals surface area contributed by atoms with Gasteiger partial charge in [0.05, 0.1) is 17.9 Å². The highest BCUT2D eigenvalue weighted by Gasteiger charge is 2.25. The maximum atomic E-state index is 14.6. The van der Waals surface area contributed by atoms with Gasteiger partial charge in [0.15, 0.2) is 5.76 Å². The van der Waals surface area contributed by atoms with Crippen LogP contribution in [-0.2, 0) is 14.8 Å². The molecule has 0 spiro atoms. The van der Waals surface area contributed by atoms with Gasteiger partial charge in [0.25, 0.3) is 15.9 Å². The second kappa shape index (κ2) is 8.13. The molecule has 0 bridgehead atoms. The topological polar surface area (TPSA) is 92.1 Å². The molecule has 2 unspecified atom stereocenters. The molecule has 1 aromatic carbocycles. The second-order valence-electron chi connectivity index (χ2n) is 7.19. The molecule has 158 valence electrons. The minimum Gasteiger partial charge on any atom is -0.438 e. The number of ether oxygens (including phenoxy) is 1. The summed E-state index contributed by atoms with van der Waals surface area (Å²) in [6, 6.07) is 6.86. The molecule has 2 atom stereocenters. The highest BCUT2D eigenvalue weighted by atomic mass is 32.2. The predicted octanol–water partition coefficient (Wildman–Crippen LogP) is 2.53. The standard InChI is InChI=1S/C19H24FN3O5S/c1-12-10-23(11-13(2)27-12)16-6-5-14(9-15(16)20)21-19(24)17-7-8-18(28-17)29(25,26)22(3)4/h5-9,12-13H,10-11H2,1-4H3,(H,21,24). The molecule has 1 aliphatic rings. The molecular weight excluding hydrogens is 401 g/mol. The molecule has 1 aromatic heterocycles. The van der Waals surface area contributed by atoms with Crippen LogP contribution in [0.15, 0.2) is 39.8 Å². The predicted molar refractivity (Wildman–Crippen MR) is 106 cm³/mol. The summed E-state index contributed by atoms with van der Waals surface area (Å²) in [6.07, 6.45) is -0.0201. The van der Waals surface area contributed by atoms with Crippen LogP contribution in [0.25, 0.3) is 0 Å². The molecule has 3 rings (SSSR count). The number of benzene rings is 1. The minimum atomic E-state index is -3.79. The molecule has 8 nitrogen and oxygen atoms in total. The lowest BCUT2D eigenvalue weighted by Crippen LogP contribution is -2.45. The SMILES string of the molecule is CC1CN(c2ccc(NC(=O)c3ccc(S(=O)(=O)N(C)C)o3)cc2F)CC(C)O1. The zero-order chi connectivity index (χ0) is 21.3. The zero-order valence-electron chi connectivity index (χ0n) is 16.7. The van der Waals surface area contributed by atoms with Crippen LogP contribution in [0.3, 0.4) is 0 Å². The Balaban J connectivity index is 1.73. The summed E-state index contributed by atoms with van der Waals surface area (Å²) in [5.41, 5.74) is 0.668. The van der Waals surface area contributed by atoms with Crippen LogP contribution in [-0.4, -0.2) is 58.0 Å². The molecule has 2 heterocycles. The van der Waals surface area contributed by atoms with E-state index in [9.17, 15) is 17.6 Å². The first-order valence-electron chi connectivity index (χ1n) is 9.11. The van der Waals surface area contributed by atoms with E-state index in [1.54, 1.807) is 12.1 Å². The largest absolute Gasteiger partial charge is 0.438 e. The number of carbonyl (C=O) groups excluding carboxylic acids is 1. The van der Waals surface area contributed by atoms with E-state index >= 15 is 0 Å². The summed E-state index contributed by atoms with van der Waals surface area (Å²) in [6.45, 7) is 5.01. The van der Waals surface area contributed by atoms with Crippen molar-refractivity contribution in [3.05, 3.63) is 41.9 Å². The number of nitrogens with one attached hydrogen (secondary N) is 1. The van der Waals surface area contributed by atoms with Gasteiger partial charge >= 0.3 is 0 Å². The van der Waals surface area contributed by atoms with Crippen molar-refractivity contribution in [2.75, 3.05) is 37.4 Å². The van der Waals surface area contributed by atoms with E-state index < -0.39 is 21.7 Å². The fourth-order valence-corrected chi connectivity index (χ4v) is 3.96. The number of rotatable bonds is 5. The maximum Gasteiger partial charge on any atom is 0.291 e. The van der Waals surface area contributed by atoms with Gasteiger partial charge in [-0.2, -0.15) is 0 Å². The van der Waals surface area contributed by atoms with Gasteiger partial charge in [0, 0.05) is 32.9 Å². The number of anilines is 2. The van der Waals surface area contributed by atoms with Crippen molar-refractivity contribution in [2.24, 2.45) is 0 Å². The Morgan fingerprint density at radius 1 is 1.17 bits per heavy atom. The van der Waals surface area contributed by atoms with Crippen molar-refractivity contribution >= 4 is 27.3 Å². The van der Waals surface area contributed by atoms with E-state index in [-0.39, 0.29) is 28.7 Å². The lowest BCUT2D eigenvalue weighted by atomic mass is 10.2. The van der Waals surface area contributed by atoms with Crippen LogP contribution in [0, 0.1) is 5.82 Å². The van der Waals surface area contributed by atoms with Crippen molar-refractivity contribution < 1.29 is 26.8 Å². The lowest BCUT2D eigenvalue weighted by molar-refractivity contribution is -0.00539. The third-order valence-electron chi connectivity index (χ3n) is 4.51. The lowest BCUT2D eigenvalue weighted by Gasteiger charge is -2.37. The fourth-order valence-electron chi connectivity index (χ4n) is 3.17. The van der Waals surface area contributed by atoms with Gasteiger partial charge in [0.1, 0.15) is 5.82 Å². The van der Waals surface area contributed by atoms with Gasteiger partial charge < -0.3 is 19.4 Å². The number of hydrogen-bond acceptors (Lipinski definition) is 6. The zero-order valence-corrected chi connectivity index (χ0v) is 17.5. The van der Waals surface area contributed by atoms with Crippen molar-refractivity contribution in [3.63, 3.8) is 0 Å². The number of carbonyl (C=O) groups is 1. The van der Waals surface area contributed by atoms with Crippen LogP contribution >= 0.6 is 0 Å².